The van der Waals surface area contributed by atoms with Crippen molar-refractivity contribution in [3.63, 3.8) is 0 Å². The van der Waals surface area contributed by atoms with Gasteiger partial charge in [0.1, 0.15) is 0 Å². The van der Waals surface area contributed by atoms with Gasteiger partial charge in [0.25, 0.3) is 0 Å². The molecule has 0 heterocycles. The van der Waals surface area contributed by atoms with E-state index >= 15 is 0 Å². The third kappa shape index (κ3) is 6.09. The van der Waals surface area contributed by atoms with Crippen molar-refractivity contribution < 1.29 is 5.11 Å². The van der Waals surface area contributed by atoms with E-state index in [-0.39, 0.29) is 35.3 Å². The minimum absolute atomic E-state index is 0. The molecule has 5 heteroatoms. The number of aliphatic hydroxyl groups excluding tert-OH is 1. The van der Waals surface area contributed by atoms with Crippen molar-refractivity contribution in [3.05, 3.63) is 30.3 Å². The Morgan fingerprint density at radius 3 is 2.35 bits per heavy atom. The molecule has 0 saturated heterocycles. The van der Waals surface area contributed by atoms with Crippen LogP contribution in [0.15, 0.2) is 35.3 Å². The van der Waals surface area contributed by atoms with E-state index in [9.17, 15) is 5.11 Å². The van der Waals surface area contributed by atoms with Gasteiger partial charge in [-0.25, -0.2) is 0 Å². The fourth-order valence-corrected chi connectivity index (χ4v) is 1.99. The number of nitrogens with zero attached hydrogens (tertiary/aromatic N) is 1. The van der Waals surface area contributed by atoms with Crippen LogP contribution >= 0.6 is 24.0 Å². The lowest BCUT2D eigenvalue weighted by atomic mass is 9.81. The molecule has 0 bridgehead atoms. The molecule has 0 aliphatic heterocycles. The molecule has 1 unspecified atom stereocenters. The Balaban J connectivity index is 0.00000361. The number of benzene rings is 1. The van der Waals surface area contributed by atoms with E-state index in [0.29, 0.717) is 12.5 Å². The third-order valence-electron chi connectivity index (χ3n) is 3.14. The lowest BCUT2D eigenvalue weighted by Gasteiger charge is -2.31. The minimum Gasteiger partial charge on any atom is -0.392 e. The van der Waals surface area contributed by atoms with Gasteiger partial charge in [-0.05, 0) is 18.1 Å². The highest BCUT2D eigenvalue weighted by Gasteiger charge is 2.29. The summed E-state index contributed by atoms with van der Waals surface area (Å²) in [5.74, 6) is 0.573. The smallest absolute Gasteiger partial charge is 0.193 e. The summed E-state index contributed by atoms with van der Waals surface area (Å²) in [7, 11) is 0. The zero-order valence-electron chi connectivity index (χ0n) is 12.6. The van der Waals surface area contributed by atoms with E-state index in [0.717, 1.165) is 5.69 Å². The number of para-hydroxylation sites is 1. The van der Waals surface area contributed by atoms with E-state index in [1.807, 2.05) is 58.0 Å². The second kappa shape index (κ2) is 8.46. The van der Waals surface area contributed by atoms with Crippen LogP contribution in [0.2, 0.25) is 0 Å². The zero-order valence-corrected chi connectivity index (χ0v) is 15.0. The lowest BCUT2D eigenvalue weighted by Crippen LogP contribution is -2.37. The van der Waals surface area contributed by atoms with Crippen LogP contribution < -0.4 is 11.1 Å². The number of nitrogens with two attached hydrogens (primary N) is 1. The van der Waals surface area contributed by atoms with Crippen LogP contribution in [0.4, 0.5) is 5.69 Å². The number of guanidine groups is 1. The highest BCUT2D eigenvalue weighted by molar-refractivity contribution is 14.0. The van der Waals surface area contributed by atoms with Crippen molar-refractivity contribution >= 4 is 35.6 Å². The predicted octanol–water partition coefficient (Wildman–Crippen LogP) is 3.07. The Morgan fingerprint density at radius 1 is 1.30 bits per heavy atom. The molecule has 1 aromatic carbocycles. The first-order chi connectivity index (χ1) is 8.83. The quantitative estimate of drug-likeness (QED) is 0.411. The average molecular weight is 391 g/mol. The molecule has 20 heavy (non-hydrogen) atoms. The van der Waals surface area contributed by atoms with Gasteiger partial charge in [-0.2, -0.15) is 0 Å². The maximum atomic E-state index is 10.1. The second-order valence-electron chi connectivity index (χ2n) is 5.87. The standard InChI is InChI=1S/C15H25N3O.HI/c1-11(2)13(19)15(3,4)10-17-14(16)18-12-8-6-5-7-9-12;/h5-9,11,13,19H,10H2,1-4H3,(H3,16,17,18);1H. The molecule has 1 rings (SSSR count). The van der Waals surface area contributed by atoms with Gasteiger partial charge in [0, 0.05) is 11.1 Å². The molecule has 1 atom stereocenters. The summed E-state index contributed by atoms with van der Waals surface area (Å²) < 4.78 is 0. The van der Waals surface area contributed by atoms with Crippen LogP contribution in [-0.4, -0.2) is 23.7 Å². The summed E-state index contributed by atoms with van der Waals surface area (Å²) in [6.45, 7) is 8.48. The summed E-state index contributed by atoms with van der Waals surface area (Å²) in [5.41, 5.74) is 6.46. The Kier molecular flexibility index (Phi) is 8.12. The fraction of sp³-hybridized carbons (Fsp3) is 0.533. The molecular formula is C15H26IN3O. The van der Waals surface area contributed by atoms with Crippen LogP contribution in [0.1, 0.15) is 27.7 Å². The first-order valence-corrected chi connectivity index (χ1v) is 6.63. The minimum atomic E-state index is -0.402. The molecule has 4 nitrogen and oxygen atoms in total. The number of halogens is 1. The van der Waals surface area contributed by atoms with Crippen molar-refractivity contribution in [3.8, 4) is 0 Å². The van der Waals surface area contributed by atoms with Gasteiger partial charge in [-0.1, -0.05) is 45.9 Å². The molecule has 0 saturated carbocycles. The molecule has 0 aliphatic rings. The van der Waals surface area contributed by atoms with E-state index < -0.39 is 6.10 Å². The Labute approximate surface area is 138 Å². The lowest BCUT2D eigenvalue weighted by molar-refractivity contribution is 0.0189. The number of anilines is 1. The fourth-order valence-electron chi connectivity index (χ4n) is 1.99. The summed E-state index contributed by atoms with van der Waals surface area (Å²) >= 11 is 0. The first kappa shape index (κ1) is 19.2. The monoisotopic (exact) mass is 391 g/mol. The molecule has 0 spiro atoms. The SMILES string of the molecule is CC(C)C(O)C(C)(C)CN=C(N)Nc1ccccc1.I. The van der Waals surface area contributed by atoms with Gasteiger partial charge in [-0.3, -0.25) is 4.99 Å². The number of rotatable bonds is 5. The number of aliphatic imine (C=N–C) groups is 1. The Bertz CT molecular complexity index is 418. The highest BCUT2D eigenvalue weighted by atomic mass is 127. The highest BCUT2D eigenvalue weighted by Crippen LogP contribution is 2.26. The predicted molar refractivity (Wildman–Crippen MR) is 96.6 cm³/mol. The van der Waals surface area contributed by atoms with Gasteiger partial charge in [0.2, 0.25) is 0 Å². The third-order valence-corrected chi connectivity index (χ3v) is 3.14. The molecule has 4 N–H and O–H groups in total. The van der Waals surface area contributed by atoms with Crippen LogP contribution in [0.3, 0.4) is 0 Å². The van der Waals surface area contributed by atoms with Crippen LogP contribution in [0, 0.1) is 11.3 Å². The summed E-state index contributed by atoms with van der Waals surface area (Å²) in [4.78, 5) is 4.32. The van der Waals surface area contributed by atoms with Crippen LogP contribution in [0.5, 0.6) is 0 Å². The summed E-state index contributed by atoms with van der Waals surface area (Å²) in [6.07, 6.45) is -0.402. The van der Waals surface area contributed by atoms with E-state index in [1.165, 1.54) is 0 Å². The molecule has 114 valence electrons. The second-order valence-corrected chi connectivity index (χ2v) is 5.87. The van der Waals surface area contributed by atoms with Crippen molar-refractivity contribution in [2.24, 2.45) is 22.1 Å². The first-order valence-electron chi connectivity index (χ1n) is 6.63. The molecule has 0 amide bonds. The van der Waals surface area contributed by atoms with E-state index in [1.54, 1.807) is 0 Å². The van der Waals surface area contributed by atoms with Crippen molar-refractivity contribution in [2.45, 2.75) is 33.8 Å². The normalized spacial score (nSPS) is 13.8. The molecule has 0 fully saturated rings. The Morgan fingerprint density at radius 2 is 1.85 bits per heavy atom. The molecule has 0 aromatic heterocycles. The van der Waals surface area contributed by atoms with Crippen LogP contribution in [0.25, 0.3) is 0 Å². The number of hydrogen-bond acceptors (Lipinski definition) is 2. The zero-order chi connectivity index (χ0) is 14.5. The van der Waals surface area contributed by atoms with Gasteiger partial charge in [0.05, 0.1) is 12.6 Å². The van der Waals surface area contributed by atoms with Gasteiger partial charge < -0.3 is 16.2 Å². The van der Waals surface area contributed by atoms with Crippen molar-refractivity contribution in [1.29, 1.82) is 0 Å². The van der Waals surface area contributed by atoms with E-state index in [4.69, 9.17) is 5.73 Å². The van der Waals surface area contributed by atoms with Crippen molar-refractivity contribution in [2.75, 3.05) is 11.9 Å². The van der Waals surface area contributed by atoms with Crippen molar-refractivity contribution in [1.82, 2.24) is 0 Å². The average Bonchev–Trinajstić information content (AvgIpc) is 2.36. The largest absolute Gasteiger partial charge is 0.392 e. The molecular weight excluding hydrogens is 365 g/mol. The molecule has 0 radical (unpaired) electrons. The van der Waals surface area contributed by atoms with Gasteiger partial charge in [0.15, 0.2) is 5.96 Å². The Hall–Kier alpha value is -0.820. The van der Waals surface area contributed by atoms with Crippen LogP contribution in [-0.2, 0) is 0 Å². The van der Waals surface area contributed by atoms with Gasteiger partial charge in [-0.15, -0.1) is 24.0 Å². The molecule has 1 aromatic rings. The topological polar surface area (TPSA) is 70.6 Å². The summed E-state index contributed by atoms with van der Waals surface area (Å²) in [6, 6.07) is 9.66. The van der Waals surface area contributed by atoms with Gasteiger partial charge >= 0.3 is 0 Å². The maximum Gasteiger partial charge on any atom is 0.193 e. The molecule has 0 aliphatic carbocycles. The summed E-state index contributed by atoms with van der Waals surface area (Å²) in [5, 5.41) is 13.2. The number of aliphatic hydroxyl groups is 1. The maximum absolute atomic E-state index is 10.1. The number of hydrogen-bond donors (Lipinski definition) is 3. The van der Waals surface area contributed by atoms with E-state index in [2.05, 4.69) is 10.3 Å². The number of nitrogens with one attached hydrogen (secondary N) is 1.